The number of thiophene rings is 6. The van der Waals surface area contributed by atoms with E-state index in [0.717, 1.165) is 19.3 Å². The molecule has 240 valence electrons. The molecule has 0 unspecified atom stereocenters. The molecule has 3 aliphatic carbocycles. The van der Waals surface area contributed by atoms with Crippen LogP contribution in [0.2, 0.25) is 0 Å². The smallest absolute Gasteiger partial charge is 0.0352 e. The molecule has 0 aliphatic heterocycles. The molecule has 0 N–H and O–H groups in total. The fraction of sp³-hybridized carbons (Fsp3) is 0.0667. The average Bonchev–Trinajstić information content (AvgIpc) is 4.01. The van der Waals surface area contributed by atoms with Crippen molar-refractivity contribution in [1.82, 2.24) is 0 Å². The number of hydrogen-bond acceptors (Lipinski definition) is 6. The van der Waals surface area contributed by atoms with Crippen molar-refractivity contribution in [2.45, 2.75) is 19.3 Å². The second kappa shape index (κ2) is 10.3. The van der Waals surface area contributed by atoms with Gasteiger partial charge in [0.25, 0.3) is 0 Å². The van der Waals surface area contributed by atoms with Crippen LogP contribution in [0, 0.1) is 0 Å². The minimum Gasteiger partial charge on any atom is -0.144 e. The molecule has 0 radical (unpaired) electrons. The largest absolute Gasteiger partial charge is 0.144 e. The van der Waals surface area contributed by atoms with Crippen molar-refractivity contribution in [2.24, 2.45) is 0 Å². The Morgan fingerprint density at radius 2 is 0.431 bits per heavy atom. The highest BCUT2D eigenvalue weighted by molar-refractivity contribution is 7.16. The van der Waals surface area contributed by atoms with Crippen LogP contribution in [0.25, 0.3) is 95.0 Å². The molecule has 0 amide bonds. The maximum Gasteiger partial charge on any atom is 0.0352 e. The zero-order chi connectivity index (χ0) is 32.9. The van der Waals surface area contributed by atoms with Crippen molar-refractivity contribution in [2.75, 3.05) is 0 Å². The minimum atomic E-state index is 0.969. The molecule has 6 heteroatoms. The first-order chi connectivity index (χ1) is 25.3. The van der Waals surface area contributed by atoms with Gasteiger partial charge in [-0.05, 0) is 134 Å². The molecule has 0 spiro atoms. The maximum absolute atomic E-state index is 2.37. The van der Waals surface area contributed by atoms with E-state index in [1.807, 2.05) is 68.0 Å². The van der Waals surface area contributed by atoms with Crippen LogP contribution in [-0.2, 0) is 19.3 Å². The van der Waals surface area contributed by atoms with Gasteiger partial charge in [0.05, 0.1) is 0 Å². The molecular formula is C45H24S6. The summed E-state index contributed by atoms with van der Waals surface area (Å²) < 4.78 is 0. The molecule has 0 atom stereocenters. The lowest BCUT2D eigenvalue weighted by atomic mass is 9.86. The second-order valence-corrected chi connectivity index (χ2v) is 19.5. The van der Waals surface area contributed by atoms with Crippen molar-refractivity contribution in [1.29, 1.82) is 0 Å². The van der Waals surface area contributed by atoms with Gasteiger partial charge in [-0.3, -0.25) is 0 Å². The molecule has 0 saturated carbocycles. The number of benzene rings is 4. The van der Waals surface area contributed by atoms with E-state index in [1.165, 1.54) is 62.6 Å². The van der Waals surface area contributed by atoms with Gasteiger partial charge in [-0.2, -0.15) is 0 Å². The summed E-state index contributed by atoms with van der Waals surface area (Å²) in [6, 6.07) is 27.7. The minimum absolute atomic E-state index is 0.969. The fourth-order valence-corrected chi connectivity index (χ4v) is 14.8. The van der Waals surface area contributed by atoms with Crippen molar-refractivity contribution in [3.8, 4) is 62.6 Å². The molecule has 6 aromatic heterocycles. The van der Waals surface area contributed by atoms with Crippen LogP contribution in [0.4, 0.5) is 0 Å². The van der Waals surface area contributed by atoms with Gasteiger partial charge in [0.2, 0.25) is 0 Å². The first-order valence-corrected chi connectivity index (χ1v) is 22.5. The summed E-state index contributed by atoms with van der Waals surface area (Å²) in [7, 11) is 0. The molecule has 0 nitrogen and oxygen atoms in total. The summed E-state index contributed by atoms with van der Waals surface area (Å²) >= 11 is 11.4. The lowest BCUT2D eigenvalue weighted by molar-refractivity contribution is 1.25. The number of rotatable bonds is 6. The SMILES string of the molecule is c1csc(-c2c(-c3cccs3)c3c4c5c2Cc2c(-c6cccs6)c(-c6cccs6)c6c(c25)c2c(c(-c5cccs5)c(-c5cccs5)c(c42)C3)C6)c1. The van der Waals surface area contributed by atoms with E-state index in [0.29, 0.717) is 0 Å². The second-order valence-electron chi connectivity index (χ2n) is 13.8. The molecular weight excluding hydrogens is 733 g/mol. The normalized spacial score (nSPS) is 13.6. The zero-order valence-corrected chi connectivity index (χ0v) is 31.9. The van der Waals surface area contributed by atoms with Gasteiger partial charge < -0.3 is 0 Å². The van der Waals surface area contributed by atoms with Gasteiger partial charge in [0.1, 0.15) is 0 Å². The summed E-state index contributed by atoms with van der Waals surface area (Å²) in [6.45, 7) is 0. The van der Waals surface area contributed by atoms with Crippen molar-refractivity contribution in [3.05, 3.63) is 138 Å². The van der Waals surface area contributed by atoms with Crippen LogP contribution in [0.1, 0.15) is 33.4 Å². The third-order valence-corrected chi connectivity index (χ3v) is 16.9. The Labute approximate surface area is 318 Å². The van der Waals surface area contributed by atoms with E-state index in [2.05, 4.69) is 105 Å². The summed E-state index contributed by atoms with van der Waals surface area (Å²) in [4.78, 5) is 8.38. The molecule has 13 rings (SSSR count). The van der Waals surface area contributed by atoms with E-state index in [4.69, 9.17) is 0 Å². The number of hydrogen-bond donors (Lipinski definition) is 0. The molecule has 3 aliphatic rings. The fourth-order valence-electron chi connectivity index (χ4n) is 9.96. The van der Waals surface area contributed by atoms with E-state index >= 15 is 0 Å². The van der Waals surface area contributed by atoms with Crippen LogP contribution in [0.15, 0.2) is 105 Å². The molecule has 51 heavy (non-hydrogen) atoms. The Morgan fingerprint density at radius 3 is 0.569 bits per heavy atom. The molecule has 0 fully saturated rings. The van der Waals surface area contributed by atoms with Crippen molar-refractivity contribution >= 4 is 100 Å². The Bertz CT molecular complexity index is 2480. The lowest BCUT2D eigenvalue weighted by Gasteiger charge is -2.18. The maximum atomic E-state index is 2.37. The Hall–Kier alpha value is -4.14. The van der Waals surface area contributed by atoms with E-state index < -0.39 is 0 Å². The molecule has 4 aromatic carbocycles. The highest BCUT2D eigenvalue weighted by Gasteiger charge is 2.41. The van der Waals surface area contributed by atoms with Crippen LogP contribution in [0.3, 0.4) is 0 Å². The highest BCUT2D eigenvalue weighted by atomic mass is 32.1. The summed E-state index contributed by atoms with van der Waals surface area (Å²) in [5.41, 5.74) is 18.1. The van der Waals surface area contributed by atoms with Gasteiger partial charge in [-0.1, -0.05) is 36.4 Å². The van der Waals surface area contributed by atoms with Crippen LogP contribution < -0.4 is 0 Å². The Morgan fingerprint density at radius 1 is 0.255 bits per heavy atom. The third kappa shape index (κ3) is 3.54. The van der Waals surface area contributed by atoms with Gasteiger partial charge in [0.15, 0.2) is 0 Å². The van der Waals surface area contributed by atoms with Gasteiger partial charge in [-0.15, -0.1) is 68.0 Å². The molecule has 6 heterocycles. The Kier molecular flexibility index (Phi) is 5.72. The lowest BCUT2D eigenvalue weighted by Crippen LogP contribution is -1.97. The molecule has 0 saturated heterocycles. The topological polar surface area (TPSA) is 0 Å². The van der Waals surface area contributed by atoms with Crippen LogP contribution in [0.5, 0.6) is 0 Å². The van der Waals surface area contributed by atoms with Crippen LogP contribution in [-0.4, -0.2) is 0 Å². The predicted molar refractivity (Wildman–Crippen MR) is 227 cm³/mol. The quantitative estimate of drug-likeness (QED) is 0.148. The van der Waals surface area contributed by atoms with E-state index in [9.17, 15) is 0 Å². The van der Waals surface area contributed by atoms with Crippen molar-refractivity contribution in [3.63, 3.8) is 0 Å². The monoisotopic (exact) mass is 756 g/mol. The van der Waals surface area contributed by atoms with Gasteiger partial charge in [-0.25, -0.2) is 0 Å². The third-order valence-electron chi connectivity index (χ3n) is 11.5. The summed E-state index contributed by atoms with van der Waals surface area (Å²) in [5.74, 6) is 0. The molecule has 0 bridgehead atoms. The first kappa shape index (κ1) is 28.4. The van der Waals surface area contributed by atoms with E-state index in [1.54, 1.807) is 65.7 Å². The predicted octanol–water partition coefficient (Wildman–Crippen LogP) is 15.2. The Balaban J connectivity index is 1.32. The first-order valence-electron chi connectivity index (χ1n) is 17.2. The van der Waals surface area contributed by atoms with E-state index in [-0.39, 0.29) is 0 Å². The zero-order valence-electron chi connectivity index (χ0n) is 27.0. The molecule has 10 aromatic rings. The van der Waals surface area contributed by atoms with Crippen LogP contribution >= 0.6 is 68.0 Å². The standard InChI is InChI=1S/C45H24S6/c1-7-28(46-13-1)34-22-19-24-36(30-9-3-15-48-30)38(32-11-5-17-50-32)26-21-27-39(33-12-6-18-51-33)37(31-10-4-16-49-31)25-20-23(35(34)29-8-2-14-47-29)41-40(22)42(24)44(26)45(27)43(25)41/h1-18H,19-21H2. The van der Waals surface area contributed by atoms with Gasteiger partial charge in [0, 0.05) is 81.9 Å². The average molecular weight is 757 g/mol. The van der Waals surface area contributed by atoms with Crippen molar-refractivity contribution < 1.29 is 0 Å². The highest BCUT2D eigenvalue weighted by Crippen LogP contribution is 2.64. The van der Waals surface area contributed by atoms with Gasteiger partial charge >= 0.3 is 0 Å². The summed E-state index contributed by atoms with van der Waals surface area (Å²) in [5, 5.41) is 22.9. The summed E-state index contributed by atoms with van der Waals surface area (Å²) in [6.07, 6.45) is 2.91.